The van der Waals surface area contributed by atoms with E-state index in [9.17, 15) is 0 Å². The van der Waals surface area contributed by atoms with Gasteiger partial charge in [0.05, 0.1) is 0 Å². The van der Waals surface area contributed by atoms with Gasteiger partial charge in [-0.15, -0.1) is 10.2 Å². The highest BCUT2D eigenvalue weighted by Crippen LogP contribution is 2.41. The van der Waals surface area contributed by atoms with E-state index in [2.05, 4.69) is 24.0 Å². The molecule has 0 spiro atoms. The number of aliphatic hydroxyl groups excluding tert-OH is 1. The molecule has 0 aliphatic heterocycles. The van der Waals surface area contributed by atoms with Gasteiger partial charge in [-0.2, -0.15) is 0 Å². The topological polar surface area (TPSA) is 50.9 Å². The summed E-state index contributed by atoms with van der Waals surface area (Å²) in [5, 5.41) is 17.2. The maximum Gasteiger partial charge on any atom is 0.158 e. The van der Waals surface area contributed by atoms with Gasteiger partial charge >= 0.3 is 0 Å². The molecule has 1 aliphatic rings. The normalized spacial score (nSPS) is 18.5. The number of hydrogen-bond acceptors (Lipinski definition) is 3. The number of aliphatic hydroxyl groups is 1. The Morgan fingerprint density at radius 3 is 2.71 bits per heavy atom. The quantitative estimate of drug-likeness (QED) is 0.788. The van der Waals surface area contributed by atoms with Gasteiger partial charge in [-0.05, 0) is 25.7 Å². The van der Waals surface area contributed by atoms with Crippen LogP contribution in [-0.2, 0) is 13.2 Å². The van der Waals surface area contributed by atoms with E-state index in [1.165, 1.54) is 12.8 Å². The summed E-state index contributed by atoms with van der Waals surface area (Å²) in [5.41, 5.74) is 0. The molecule has 4 heteroatoms. The first-order chi connectivity index (χ1) is 6.77. The van der Waals surface area contributed by atoms with E-state index in [0.29, 0.717) is 11.7 Å². The predicted octanol–water partition coefficient (Wildman–Crippen LogP) is 1.30. The van der Waals surface area contributed by atoms with E-state index in [-0.39, 0.29) is 6.61 Å². The molecule has 0 aromatic carbocycles. The summed E-state index contributed by atoms with van der Waals surface area (Å²) in [6, 6.07) is 0. The third kappa shape index (κ3) is 1.54. The molecule has 1 unspecified atom stereocenters. The van der Waals surface area contributed by atoms with Gasteiger partial charge in [0, 0.05) is 12.5 Å². The van der Waals surface area contributed by atoms with Gasteiger partial charge < -0.3 is 9.67 Å². The van der Waals surface area contributed by atoms with Crippen molar-refractivity contribution in [3.8, 4) is 0 Å². The highest BCUT2D eigenvalue weighted by atomic mass is 16.3. The van der Waals surface area contributed by atoms with E-state index in [1.54, 1.807) is 0 Å². The van der Waals surface area contributed by atoms with Crippen LogP contribution in [0.4, 0.5) is 0 Å². The summed E-state index contributed by atoms with van der Waals surface area (Å²) >= 11 is 0. The largest absolute Gasteiger partial charge is 0.388 e. The average molecular weight is 195 g/mol. The second-order valence-corrected chi connectivity index (χ2v) is 4.00. The lowest BCUT2D eigenvalue weighted by Gasteiger charge is -2.11. The van der Waals surface area contributed by atoms with Gasteiger partial charge in [0.1, 0.15) is 12.4 Å². The maximum absolute atomic E-state index is 9.08. The molecule has 0 radical (unpaired) electrons. The summed E-state index contributed by atoms with van der Waals surface area (Å²) in [7, 11) is 0. The Balaban J connectivity index is 2.26. The highest BCUT2D eigenvalue weighted by molar-refractivity contribution is 5.05. The summed E-state index contributed by atoms with van der Waals surface area (Å²) in [5.74, 6) is 3.01. The summed E-state index contributed by atoms with van der Waals surface area (Å²) in [6.45, 7) is 5.09. The van der Waals surface area contributed by atoms with Crippen LogP contribution in [0.5, 0.6) is 0 Å². The van der Waals surface area contributed by atoms with Crippen LogP contribution in [0.15, 0.2) is 0 Å². The van der Waals surface area contributed by atoms with Gasteiger partial charge in [-0.1, -0.05) is 6.92 Å². The van der Waals surface area contributed by atoms with Crippen LogP contribution in [0.3, 0.4) is 0 Å². The molecule has 4 nitrogen and oxygen atoms in total. The average Bonchev–Trinajstić information content (AvgIpc) is 2.96. The van der Waals surface area contributed by atoms with Crippen LogP contribution in [0.25, 0.3) is 0 Å². The van der Waals surface area contributed by atoms with Crippen molar-refractivity contribution in [2.24, 2.45) is 5.92 Å². The molecule has 1 aromatic rings. The zero-order valence-electron chi connectivity index (χ0n) is 8.77. The fraction of sp³-hybridized carbons (Fsp3) is 0.800. The van der Waals surface area contributed by atoms with Crippen molar-refractivity contribution in [2.75, 3.05) is 0 Å². The molecule has 0 saturated heterocycles. The van der Waals surface area contributed by atoms with Gasteiger partial charge in [0.15, 0.2) is 5.82 Å². The maximum atomic E-state index is 9.08. The molecule has 14 heavy (non-hydrogen) atoms. The first-order valence-electron chi connectivity index (χ1n) is 5.30. The minimum Gasteiger partial charge on any atom is -0.388 e. The number of hydrogen-bond donors (Lipinski definition) is 1. The van der Waals surface area contributed by atoms with Crippen LogP contribution in [-0.4, -0.2) is 19.9 Å². The molecule has 78 valence electrons. The number of nitrogens with zero attached hydrogens (tertiary/aromatic N) is 3. The molecule has 1 N–H and O–H groups in total. The molecular weight excluding hydrogens is 178 g/mol. The van der Waals surface area contributed by atoms with E-state index in [0.717, 1.165) is 18.3 Å². The highest BCUT2D eigenvalue weighted by Gasteiger charge is 2.32. The zero-order chi connectivity index (χ0) is 10.1. The number of rotatable bonds is 4. The van der Waals surface area contributed by atoms with E-state index < -0.39 is 0 Å². The van der Waals surface area contributed by atoms with Crippen molar-refractivity contribution >= 4 is 0 Å². The van der Waals surface area contributed by atoms with Crippen LogP contribution in [0.2, 0.25) is 0 Å². The van der Waals surface area contributed by atoms with Crippen molar-refractivity contribution in [1.29, 1.82) is 0 Å². The lowest BCUT2D eigenvalue weighted by molar-refractivity contribution is 0.264. The predicted molar refractivity (Wildman–Crippen MR) is 52.8 cm³/mol. The lowest BCUT2D eigenvalue weighted by atomic mass is 10.1. The minimum atomic E-state index is -0.0156. The third-order valence-corrected chi connectivity index (χ3v) is 3.05. The molecule has 1 atom stereocenters. The zero-order valence-corrected chi connectivity index (χ0v) is 8.77. The van der Waals surface area contributed by atoms with E-state index in [4.69, 9.17) is 5.11 Å². The van der Waals surface area contributed by atoms with Crippen LogP contribution < -0.4 is 0 Å². The van der Waals surface area contributed by atoms with Gasteiger partial charge in [-0.3, -0.25) is 0 Å². The van der Waals surface area contributed by atoms with Crippen LogP contribution in [0, 0.1) is 5.92 Å². The Morgan fingerprint density at radius 2 is 2.21 bits per heavy atom. The third-order valence-electron chi connectivity index (χ3n) is 3.05. The number of aromatic nitrogens is 3. The fourth-order valence-corrected chi connectivity index (χ4v) is 1.95. The molecule has 0 amide bonds. The fourth-order valence-electron chi connectivity index (χ4n) is 1.95. The minimum absolute atomic E-state index is 0.0156. The van der Waals surface area contributed by atoms with Crippen molar-refractivity contribution in [3.05, 3.63) is 11.6 Å². The summed E-state index contributed by atoms with van der Waals surface area (Å²) in [6.07, 6.45) is 2.62. The van der Waals surface area contributed by atoms with Crippen molar-refractivity contribution in [1.82, 2.24) is 14.8 Å². The van der Waals surface area contributed by atoms with Gasteiger partial charge in [-0.25, -0.2) is 0 Å². The summed E-state index contributed by atoms with van der Waals surface area (Å²) < 4.78 is 2.03. The Hall–Kier alpha value is -0.900. The summed E-state index contributed by atoms with van der Waals surface area (Å²) in [4.78, 5) is 0. The smallest absolute Gasteiger partial charge is 0.158 e. The van der Waals surface area contributed by atoms with Crippen molar-refractivity contribution in [2.45, 2.75) is 45.8 Å². The van der Waals surface area contributed by atoms with E-state index in [1.807, 2.05) is 4.57 Å². The lowest BCUT2D eigenvalue weighted by Crippen LogP contribution is -2.10. The van der Waals surface area contributed by atoms with Gasteiger partial charge in [0.25, 0.3) is 0 Å². The Morgan fingerprint density at radius 1 is 1.50 bits per heavy atom. The molecule has 2 rings (SSSR count). The Bertz CT molecular complexity index is 317. The first kappa shape index (κ1) is 9.65. The molecule has 1 fully saturated rings. The SMILES string of the molecule is CCn1c(CO)nnc1C(C)C1CC1. The van der Waals surface area contributed by atoms with Crippen LogP contribution in [0.1, 0.15) is 44.3 Å². The second kappa shape index (κ2) is 3.69. The molecule has 1 heterocycles. The molecule has 1 aliphatic carbocycles. The standard InChI is InChI=1S/C10H17N3O/c1-3-13-9(6-14)11-12-10(13)7(2)8-4-5-8/h7-8,14H,3-6H2,1-2H3. The first-order valence-corrected chi connectivity index (χ1v) is 5.30. The molecule has 0 bridgehead atoms. The van der Waals surface area contributed by atoms with Crippen molar-refractivity contribution in [3.63, 3.8) is 0 Å². The van der Waals surface area contributed by atoms with Crippen LogP contribution >= 0.6 is 0 Å². The second-order valence-electron chi connectivity index (χ2n) is 4.00. The molecular formula is C10H17N3O. The molecule has 1 aromatic heterocycles. The molecule has 1 saturated carbocycles. The van der Waals surface area contributed by atoms with E-state index >= 15 is 0 Å². The van der Waals surface area contributed by atoms with Gasteiger partial charge in [0.2, 0.25) is 0 Å². The monoisotopic (exact) mass is 195 g/mol. The Labute approximate surface area is 84.0 Å². The Kier molecular flexibility index (Phi) is 2.54. The van der Waals surface area contributed by atoms with Crippen molar-refractivity contribution < 1.29 is 5.11 Å².